The molecule has 0 unspecified atom stereocenters. The van der Waals surface area contributed by atoms with E-state index < -0.39 is 36.3 Å². The molecule has 3 aromatic carbocycles. The van der Waals surface area contributed by atoms with Gasteiger partial charge in [0, 0.05) is 16.5 Å². The monoisotopic (exact) mass is 513 g/mol. The highest BCUT2D eigenvalue weighted by Gasteiger charge is 2.17. The van der Waals surface area contributed by atoms with Crippen molar-refractivity contribution in [2.75, 3.05) is 0 Å². The van der Waals surface area contributed by atoms with Gasteiger partial charge in [0.25, 0.3) is 0 Å². The minimum absolute atomic E-state index is 0.0159. The third kappa shape index (κ3) is 5.89. The van der Waals surface area contributed by atoms with Crippen LogP contribution in [0.25, 0.3) is 39.0 Å². The lowest BCUT2D eigenvalue weighted by atomic mass is 9.93. The van der Waals surface area contributed by atoms with Crippen molar-refractivity contribution < 1.29 is 16.8 Å². The Balaban J connectivity index is 2.23. The fourth-order valence-electron chi connectivity index (χ4n) is 4.30. The van der Waals surface area contributed by atoms with Gasteiger partial charge >= 0.3 is 0 Å². The first-order chi connectivity index (χ1) is 23.1. The Bertz CT molecular complexity index is 2160. The molecule has 4 aromatic rings. The summed E-state index contributed by atoms with van der Waals surface area (Å²) in [4.78, 5) is 0. The summed E-state index contributed by atoms with van der Waals surface area (Å²) >= 11 is 0. The Hall–Kier alpha value is -5.14. The minimum atomic E-state index is -0.594. The van der Waals surface area contributed by atoms with Gasteiger partial charge in [-0.05, 0) is 45.2 Å². The van der Waals surface area contributed by atoms with E-state index in [0.29, 0.717) is 58.5 Å². The van der Waals surface area contributed by atoms with E-state index in [-0.39, 0.29) is 11.1 Å². The number of fused-ring (bicyclic) bond motifs is 2. The predicted octanol–water partition coefficient (Wildman–Crippen LogP) is 10.8. The van der Waals surface area contributed by atoms with Crippen molar-refractivity contribution >= 4 is 39.0 Å². The van der Waals surface area contributed by atoms with Crippen LogP contribution in [0.2, 0.25) is 0 Å². The number of hydrogen-bond donors (Lipinski definition) is 0. The van der Waals surface area contributed by atoms with Crippen molar-refractivity contribution in [2.45, 2.75) is 0 Å². The molecule has 0 aliphatic carbocycles. The summed E-state index contributed by atoms with van der Waals surface area (Å²) in [6.07, 6.45) is 2.96. The van der Waals surface area contributed by atoms with Crippen LogP contribution in [-0.2, 0) is 0 Å². The SMILES string of the molecule is [2H]C=C([2H])/C([2H])=C(/C=C(/C([2H])=C(/[2H])C([2H])=C[2H])c1ccccccc(C(=C)c2oc3ccccc3c2C=C)c2ccccc12)C([2H])=C[2H]. The maximum Gasteiger partial charge on any atom is 0.142 e. The van der Waals surface area contributed by atoms with Crippen molar-refractivity contribution in [3.05, 3.63) is 188 Å². The lowest BCUT2D eigenvalue weighted by Gasteiger charge is -2.11. The molecule has 1 nitrogen and oxygen atoms in total. The molecule has 1 heterocycles. The molecule has 0 saturated carbocycles. The molecule has 4 rings (SSSR count). The molecular weight excluding hydrogens is 472 g/mol. The lowest BCUT2D eigenvalue weighted by Crippen LogP contribution is -1.90. The minimum Gasteiger partial charge on any atom is -0.455 e. The van der Waals surface area contributed by atoms with Crippen LogP contribution in [0.4, 0.5) is 0 Å². The second kappa shape index (κ2) is 12.9. The zero-order valence-corrected chi connectivity index (χ0v) is 21.3. The second-order valence-corrected chi connectivity index (χ2v) is 8.28. The summed E-state index contributed by atoms with van der Waals surface area (Å²) in [5.41, 5.74) is 2.72. The average molecular weight is 514 g/mol. The number of benzene rings is 2. The predicted molar refractivity (Wildman–Crippen MR) is 172 cm³/mol. The Morgan fingerprint density at radius 1 is 0.769 bits per heavy atom. The van der Waals surface area contributed by atoms with Gasteiger partial charge in [-0.1, -0.05) is 154 Å². The Kier molecular flexibility index (Phi) is 5.75. The first-order valence-corrected chi connectivity index (χ1v) is 12.1. The quantitative estimate of drug-likeness (QED) is 0.203. The van der Waals surface area contributed by atoms with E-state index >= 15 is 0 Å². The first kappa shape index (κ1) is 17.4. The number of para-hydroxylation sites is 1. The van der Waals surface area contributed by atoms with Gasteiger partial charge in [-0.15, -0.1) is 0 Å². The third-order valence-corrected chi connectivity index (χ3v) is 6.01. The first-order valence-electron chi connectivity index (χ1n) is 16.8. The van der Waals surface area contributed by atoms with Crippen molar-refractivity contribution in [3.8, 4) is 0 Å². The standard InChI is InChI=1S/C38H32O/c1-6-10-20-30(27-29(8-3)19-7-2)33-22-14-12-11-13-21-32(34-23-15-16-24-35(33)34)28(5)38-31(9-4)36-25-17-18-26-37(36)39-38/h6-27H,1-5H2/b12-11?,13-11?,14-12?,20-10-,21-13?,22-14?,29-19+,30-27-,32-21?,33-22?,34-32?,35-33?/i1D,2D,3D,6D,7D,8D,10D,19D,20D/b6-1?,7-2?,8-3?,12-11?,13-11?,14-12?,20-10-,21-13?,22-14?,29-19+,30-27-,32-21?,33-22?,34-32?,35-33?. The molecule has 0 radical (unpaired) electrons. The van der Waals surface area contributed by atoms with E-state index in [1.165, 1.54) is 6.08 Å². The number of hydrogen-bond acceptors (Lipinski definition) is 1. The second-order valence-electron chi connectivity index (χ2n) is 8.28. The molecule has 0 N–H and O–H groups in total. The highest BCUT2D eigenvalue weighted by molar-refractivity contribution is 6.04. The van der Waals surface area contributed by atoms with Crippen LogP contribution in [0.15, 0.2) is 170 Å². The molecule has 0 aliphatic rings. The largest absolute Gasteiger partial charge is 0.455 e. The molecule has 1 heteroatoms. The average Bonchev–Trinajstić information content (AvgIpc) is 3.50. The summed E-state index contributed by atoms with van der Waals surface area (Å²) in [5, 5.41) is 2.08. The summed E-state index contributed by atoms with van der Waals surface area (Å²) in [5.74, 6) is 0.511. The topological polar surface area (TPSA) is 13.1 Å². The van der Waals surface area contributed by atoms with Crippen LogP contribution in [0.3, 0.4) is 0 Å². The Labute approximate surface area is 244 Å². The van der Waals surface area contributed by atoms with Crippen LogP contribution >= 0.6 is 0 Å². The highest BCUT2D eigenvalue weighted by atomic mass is 16.3. The molecule has 0 spiro atoms. The molecular formula is C38H32O. The van der Waals surface area contributed by atoms with Gasteiger partial charge in [-0.3, -0.25) is 0 Å². The molecule has 0 amide bonds. The molecule has 0 aliphatic heterocycles. The summed E-state index contributed by atoms with van der Waals surface area (Å²) in [7, 11) is 0. The summed E-state index contributed by atoms with van der Waals surface area (Å²) < 4.78 is 79.8. The molecule has 190 valence electrons. The van der Waals surface area contributed by atoms with Crippen LogP contribution < -0.4 is 0 Å². The van der Waals surface area contributed by atoms with E-state index in [4.69, 9.17) is 16.8 Å². The van der Waals surface area contributed by atoms with Gasteiger partial charge in [-0.2, -0.15) is 0 Å². The van der Waals surface area contributed by atoms with Crippen molar-refractivity contribution in [1.82, 2.24) is 0 Å². The Morgan fingerprint density at radius 3 is 2.15 bits per heavy atom. The molecule has 1 aromatic heterocycles. The van der Waals surface area contributed by atoms with Gasteiger partial charge in [0.2, 0.25) is 0 Å². The molecule has 0 atom stereocenters. The van der Waals surface area contributed by atoms with E-state index in [1.54, 1.807) is 42.5 Å². The smallest absolute Gasteiger partial charge is 0.142 e. The maximum atomic E-state index is 9.07. The fraction of sp³-hybridized carbons (Fsp3) is 0. The lowest BCUT2D eigenvalue weighted by molar-refractivity contribution is 0.600. The number of furan rings is 1. The van der Waals surface area contributed by atoms with Crippen molar-refractivity contribution in [3.63, 3.8) is 0 Å². The zero-order chi connectivity index (χ0) is 35.0. The molecule has 0 fully saturated rings. The number of allylic oxidation sites excluding steroid dienone is 9. The molecule has 39 heavy (non-hydrogen) atoms. The van der Waals surface area contributed by atoms with Gasteiger partial charge in [0.1, 0.15) is 11.3 Å². The number of rotatable bonds is 9. The van der Waals surface area contributed by atoms with Crippen LogP contribution in [-0.4, -0.2) is 0 Å². The van der Waals surface area contributed by atoms with Gasteiger partial charge in [-0.25, -0.2) is 0 Å². The van der Waals surface area contributed by atoms with E-state index in [2.05, 4.69) is 13.2 Å². The van der Waals surface area contributed by atoms with Gasteiger partial charge in [0.05, 0.1) is 12.3 Å². The van der Waals surface area contributed by atoms with Crippen LogP contribution in [0.5, 0.6) is 0 Å². The van der Waals surface area contributed by atoms with Crippen molar-refractivity contribution in [1.29, 1.82) is 0 Å². The molecule has 0 saturated heterocycles. The van der Waals surface area contributed by atoms with E-state index in [1.807, 2.05) is 48.5 Å². The van der Waals surface area contributed by atoms with Crippen molar-refractivity contribution in [2.24, 2.45) is 0 Å². The van der Waals surface area contributed by atoms with E-state index in [0.717, 1.165) is 10.9 Å². The summed E-state index contributed by atoms with van der Waals surface area (Å²) in [6.45, 7) is 10.4. The van der Waals surface area contributed by atoms with Crippen LogP contribution in [0, 0.1) is 0 Å². The highest BCUT2D eigenvalue weighted by Crippen LogP contribution is 2.37. The fourth-order valence-corrected chi connectivity index (χ4v) is 4.30. The maximum absolute atomic E-state index is 9.07. The van der Waals surface area contributed by atoms with E-state index in [9.17, 15) is 0 Å². The molecule has 0 bridgehead atoms. The van der Waals surface area contributed by atoms with Gasteiger partial charge < -0.3 is 4.42 Å². The Morgan fingerprint density at radius 2 is 1.44 bits per heavy atom. The van der Waals surface area contributed by atoms with Crippen LogP contribution in [0.1, 0.15) is 34.8 Å². The van der Waals surface area contributed by atoms with Gasteiger partial charge in [0.15, 0.2) is 0 Å². The normalized spacial score (nSPS) is 17.5. The summed E-state index contributed by atoms with van der Waals surface area (Å²) in [6, 6.07) is 22.4. The third-order valence-electron chi connectivity index (χ3n) is 6.01. The zero-order valence-electron chi connectivity index (χ0n) is 30.3.